The molecule has 0 aliphatic heterocycles. The molecule has 2 unspecified atom stereocenters. The van der Waals surface area contributed by atoms with Crippen molar-refractivity contribution in [3.63, 3.8) is 0 Å². The second-order valence-corrected chi connectivity index (χ2v) is 13.1. The first-order valence-corrected chi connectivity index (χ1v) is 14.4. The normalized spacial score (nSPS) is 14.0. The Hall–Kier alpha value is -2.62. The fourth-order valence-electron chi connectivity index (χ4n) is 4.39. The minimum atomic E-state index is -1.35. The lowest BCUT2D eigenvalue weighted by atomic mass is 9.74. The Morgan fingerprint density at radius 1 is 0.921 bits per heavy atom. The number of aromatic nitrogens is 2. The summed E-state index contributed by atoms with van der Waals surface area (Å²) in [7, 11) is -1.35. The number of nitrogens with zero attached hydrogens (tertiary/aromatic N) is 3. The summed E-state index contributed by atoms with van der Waals surface area (Å²) in [5.41, 5.74) is 1.72. The summed E-state index contributed by atoms with van der Waals surface area (Å²) in [5.74, 6) is 0. The maximum absolute atomic E-state index is 13.3. The number of benzene rings is 3. The predicted octanol–water partition coefficient (Wildman–Crippen LogP) is 8.40. The van der Waals surface area contributed by atoms with E-state index in [9.17, 15) is 9.47 Å². The van der Waals surface area contributed by atoms with Gasteiger partial charge in [0.05, 0.1) is 28.6 Å². The predicted molar refractivity (Wildman–Crippen MR) is 156 cm³/mol. The first kappa shape index (κ1) is 28.4. The Kier molecular flexibility index (Phi) is 8.69. The van der Waals surface area contributed by atoms with E-state index in [1.165, 1.54) is 5.56 Å². The quantitative estimate of drug-likeness (QED) is 0.209. The van der Waals surface area contributed by atoms with E-state index in [1.54, 1.807) is 24.7 Å². The lowest BCUT2D eigenvalue weighted by Gasteiger charge is -2.29. The zero-order valence-electron chi connectivity index (χ0n) is 21.4. The van der Waals surface area contributed by atoms with Crippen molar-refractivity contribution < 1.29 is 4.21 Å². The van der Waals surface area contributed by atoms with Crippen LogP contribution < -0.4 is 0 Å². The van der Waals surface area contributed by atoms with E-state index in [4.69, 9.17) is 34.8 Å². The molecule has 2 atom stereocenters. The van der Waals surface area contributed by atoms with Crippen LogP contribution in [0.1, 0.15) is 43.9 Å². The topological polar surface area (TPSA) is 58.7 Å². The summed E-state index contributed by atoms with van der Waals surface area (Å²) < 4.78 is 15.3. The molecule has 0 aliphatic carbocycles. The molecule has 1 heterocycles. The van der Waals surface area contributed by atoms with Crippen molar-refractivity contribution >= 4 is 45.6 Å². The van der Waals surface area contributed by atoms with Crippen LogP contribution in [-0.2, 0) is 34.6 Å². The molecule has 0 saturated carbocycles. The summed E-state index contributed by atoms with van der Waals surface area (Å²) in [6, 6.07) is 21.1. The van der Waals surface area contributed by atoms with Gasteiger partial charge in [0, 0.05) is 43.8 Å². The van der Waals surface area contributed by atoms with Crippen LogP contribution in [0.4, 0.5) is 0 Å². The molecule has 0 saturated heterocycles. The SMILES string of the molecule is CC(C)(C)c1ccc(S(=O)c2ccc(C(C#N)(CCn3ccnc3)Cc3c(Cl)cc(Cl)cc3Cl)cc2)cc1. The van der Waals surface area contributed by atoms with Gasteiger partial charge in [-0.2, -0.15) is 5.26 Å². The molecule has 38 heavy (non-hydrogen) atoms. The molecule has 8 heteroatoms. The zero-order valence-corrected chi connectivity index (χ0v) is 24.5. The van der Waals surface area contributed by atoms with Gasteiger partial charge >= 0.3 is 0 Å². The molecular weight excluding hydrogens is 557 g/mol. The number of rotatable bonds is 8. The lowest BCUT2D eigenvalue weighted by molar-refractivity contribution is 0.454. The number of nitriles is 1. The molecule has 0 radical (unpaired) electrons. The molecule has 0 bridgehead atoms. The van der Waals surface area contributed by atoms with Crippen LogP contribution in [-0.4, -0.2) is 13.8 Å². The molecule has 4 nitrogen and oxygen atoms in total. The van der Waals surface area contributed by atoms with Crippen molar-refractivity contribution in [2.24, 2.45) is 0 Å². The molecule has 4 aromatic rings. The lowest BCUT2D eigenvalue weighted by Crippen LogP contribution is -2.29. The molecule has 1 aromatic heterocycles. The van der Waals surface area contributed by atoms with Crippen LogP contribution in [0.5, 0.6) is 0 Å². The van der Waals surface area contributed by atoms with Gasteiger partial charge in [0.1, 0.15) is 0 Å². The molecule has 4 rings (SSSR count). The van der Waals surface area contributed by atoms with Crippen LogP contribution in [0.25, 0.3) is 0 Å². The fraction of sp³-hybridized carbons (Fsp3) is 0.267. The molecule has 0 amide bonds. The number of halogens is 3. The van der Waals surface area contributed by atoms with E-state index in [-0.39, 0.29) is 5.41 Å². The van der Waals surface area contributed by atoms with Gasteiger partial charge in [0.25, 0.3) is 0 Å². The Morgan fingerprint density at radius 3 is 1.95 bits per heavy atom. The minimum Gasteiger partial charge on any atom is -0.337 e. The van der Waals surface area contributed by atoms with Gasteiger partial charge in [-0.1, -0.05) is 79.8 Å². The van der Waals surface area contributed by atoms with Gasteiger partial charge < -0.3 is 4.57 Å². The second kappa shape index (κ2) is 11.6. The third kappa shape index (κ3) is 6.33. The van der Waals surface area contributed by atoms with Crippen molar-refractivity contribution in [1.82, 2.24) is 9.55 Å². The first-order valence-electron chi connectivity index (χ1n) is 12.2. The second-order valence-electron chi connectivity index (χ2n) is 10.3. The van der Waals surface area contributed by atoms with E-state index in [1.807, 2.05) is 59.3 Å². The molecule has 0 fully saturated rings. The monoisotopic (exact) mass is 583 g/mol. The highest BCUT2D eigenvalue weighted by molar-refractivity contribution is 7.85. The van der Waals surface area contributed by atoms with E-state index in [0.717, 1.165) is 10.5 Å². The van der Waals surface area contributed by atoms with Crippen LogP contribution in [0.15, 0.2) is 89.2 Å². The van der Waals surface area contributed by atoms with E-state index >= 15 is 0 Å². The highest BCUT2D eigenvalue weighted by Gasteiger charge is 2.34. The third-order valence-electron chi connectivity index (χ3n) is 6.71. The van der Waals surface area contributed by atoms with Crippen molar-refractivity contribution in [1.29, 1.82) is 5.26 Å². The maximum Gasteiger partial charge on any atom is 0.0945 e. The standard InChI is InChI=1S/C30H28Cl3N3OS/c1-29(2,3)21-4-8-24(9-5-21)38(37)25-10-6-22(7-11-25)30(19-34,12-14-36-15-13-35-20-36)18-26-27(32)16-23(31)17-28(26)33/h4-11,13,15-17,20H,12,14,18H2,1-3H3. The Labute approximate surface area is 241 Å². The summed E-state index contributed by atoms with van der Waals surface area (Å²) in [4.78, 5) is 5.51. The number of hydrogen-bond acceptors (Lipinski definition) is 3. The number of aryl methyl sites for hydroxylation is 1. The van der Waals surface area contributed by atoms with Crippen LogP contribution in [0.2, 0.25) is 15.1 Å². The van der Waals surface area contributed by atoms with Crippen molar-refractivity contribution in [3.05, 3.63) is 111 Å². The van der Waals surface area contributed by atoms with Crippen LogP contribution >= 0.6 is 34.8 Å². The van der Waals surface area contributed by atoms with Gasteiger partial charge in [-0.15, -0.1) is 0 Å². The zero-order chi connectivity index (χ0) is 27.5. The Bertz CT molecular complexity index is 1450. The molecule has 3 aromatic carbocycles. The highest BCUT2D eigenvalue weighted by Crippen LogP contribution is 2.39. The molecule has 0 spiro atoms. The Balaban J connectivity index is 1.67. The average molecular weight is 585 g/mol. The van der Waals surface area contributed by atoms with Gasteiger partial charge in [0.15, 0.2) is 0 Å². The summed E-state index contributed by atoms with van der Waals surface area (Å²) in [6.45, 7) is 7.02. The van der Waals surface area contributed by atoms with Gasteiger partial charge in [0.2, 0.25) is 0 Å². The summed E-state index contributed by atoms with van der Waals surface area (Å²) in [6.07, 6.45) is 6.08. The van der Waals surface area contributed by atoms with Gasteiger partial charge in [-0.25, -0.2) is 9.19 Å². The van der Waals surface area contributed by atoms with Gasteiger partial charge in [-0.05, 0) is 71.3 Å². The van der Waals surface area contributed by atoms with Crippen molar-refractivity contribution in [3.8, 4) is 6.07 Å². The average Bonchev–Trinajstić information content (AvgIpc) is 3.41. The number of imidazole rings is 1. The van der Waals surface area contributed by atoms with Gasteiger partial charge in [-0.3, -0.25) is 0 Å². The van der Waals surface area contributed by atoms with E-state index < -0.39 is 16.2 Å². The molecular formula is C30H28Cl3N3OS. The molecule has 0 N–H and O–H groups in total. The summed E-state index contributed by atoms with van der Waals surface area (Å²) >= 11 is 19.2. The van der Waals surface area contributed by atoms with Crippen molar-refractivity contribution in [2.45, 2.75) is 60.8 Å². The largest absolute Gasteiger partial charge is 0.337 e. The minimum absolute atomic E-state index is 0.0227. The Morgan fingerprint density at radius 2 is 1.47 bits per heavy atom. The highest BCUT2D eigenvalue weighted by atomic mass is 35.5. The fourth-order valence-corrected chi connectivity index (χ4v) is 6.38. The number of hydrogen-bond donors (Lipinski definition) is 0. The first-order chi connectivity index (χ1) is 18.0. The molecule has 0 aliphatic rings. The van der Waals surface area contributed by atoms with Crippen LogP contribution in [0.3, 0.4) is 0 Å². The third-order valence-corrected chi connectivity index (χ3v) is 9.00. The van der Waals surface area contributed by atoms with E-state index in [2.05, 4.69) is 31.8 Å². The smallest absolute Gasteiger partial charge is 0.0945 e. The molecule has 196 valence electrons. The van der Waals surface area contributed by atoms with Crippen LogP contribution in [0, 0.1) is 11.3 Å². The maximum atomic E-state index is 13.3. The van der Waals surface area contributed by atoms with E-state index in [0.29, 0.717) is 44.9 Å². The summed E-state index contributed by atoms with van der Waals surface area (Å²) in [5, 5.41) is 11.8. The van der Waals surface area contributed by atoms with Crippen molar-refractivity contribution in [2.75, 3.05) is 0 Å².